The number of ether oxygens (including phenoxy) is 9. The Labute approximate surface area is 487 Å². The van der Waals surface area contributed by atoms with Crippen LogP contribution in [0.25, 0.3) is 0 Å². The number of carbonyl (C=O) groups is 3. The molecule has 0 aromatic carbocycles. The van der Waals surface area contributed by atoms with Gasteiger partial charge < -0.3 is 83.5 Å². The first kappa shape index (κ1) is 66.5. The molecular weight excluding hydrogens is 1090 g/mol. The van der Waals surface area contributed by atoms with Crippen LogP contribution in [0.4, 0.5) is 0 Å². The third kappa shape index (κ3) is 16.9. The summed E-state index contributed by atoms with van der Waals surface area (Å²) in [4.78, 5) is 41.0. The van der Waals surface area contributed by atoms with Gasteiger partial charge >= 0.3 is 11.9 Å². The fourth-order valence-corrected chi connectivity index (χ4v) is 13.8. The second-order valence-electron chi connectivity index (χ2n) is 25.4. The topological polar surface area (TPSA) is 296 Å². The molecule has 8 N–H and O–H groups in total. The Bertz CT molecular complexity index is 2310. The average molecular weight is 1180 g/mol. The maximum Gasteiger partial charge on any atom is 0.308 e. The van der Waals surface area contributed by atoms with Gasteiger partial charge in [0.2, 0.25) is 0 Å². The summed E-state index contributed by atoms with van der Waals surface area (Å²) in [5.41, 5.74) is -0.469. The number of carbonyl (C=O) groups excluding carboxylic acids is 3. The normalized spacial score (nSPS) is 45.8. The molecule has 7 rings (SSSR count). The van der Waals surface area contributed by atoms with Crippen LogP contribution < -0.4 is 0 Å². The van der Waals surface area contributed by atoms with E-state index in [1.807, 2.05) is 12.2 Å². The van der Waals surface area contributed by atoms with Gasteiger partial charge in [-0.05, 0) is 51.5 Å². The lowest BCUT2D eigenvalue weighted by Crippen LogP contribution is -2.65. The monoisotopic (exact) mass is 1180 g/mol. The molecular formula is C61H93ClO20. The molecule has 0 amide bonds. The summed E-state index contributed by atoms with van der Waals surface area (Å²) in [5, 5.41) is 94.1. The molecule has 2 spiro atoms. The number of hydrogen-bond acceptors (Lipinski definition) is 20. The standard InChI is InChI=1S/C61H93ClO20/c1-32(18-40(64)17-16-34(3)62)19-51-54(70)55-38(7)56(76-51)57(71)61(73)30-49(67)36(5)50(82-61)15-13-11-12-14-42-21-41(65)26-59(78-42)28-45(74-10)22-43(79-59)24-48(66)37(6)53(69)35(4)33(2)20-47-27-58(9,72)31-60(81-47)29-46(75-39(8)63)23-44(80-60)25-52(68)77-55/h12,14,16-17,35-38,40-47,49-51,53-57,64-65,67,69-73H,1-3,11,13,15,18-31H2,4-10H3/b14-12-,17-16+/t35-,36+,37+,38-,40+,41-,42-,43-,44-,45-,46+,47+,49-,50+,51-,53+,54-,55-,56-,57+,58+,59+,60-,61+/m1/s1. The molecule has 0 aromatic heterocycles. The van der Waals surface area contributed by atoms with Gasteiger partial charge in [-0.25, -0.2) is 0 Å². The number of allylic oxidation sites excluding steroid dienone is 3. The van der Waals surface area contributed by atoms with E-state index in [0.717, 1.165) is 0 Å². The van der Waals surface area contributed by atoms with Crippen LogP contribution in [0.5, 0.6) is 0 Å². The van der Waals surface area contributed by atoms with E-state index >= 15 is 0 Å². The molecule has 7 aliphatic rings. The van der Waals surface area contributed by atoms with Crippen molar-refractivity contribution in [3.8, 4) is 0 Å². The molecule has 0 unspecified atom stereocenters. The van der Waals surface area contributed by atoms with E-state index in [4.69, 9.17) is 54.2 Å². The zero-order valence-corrected chi connectivity index (χ0v) is 49.6. The highest BCUT2D eigenvalue weighted by Crippen LogP contribution is 2.48. The summed E-state index contributed by atoms with van der Waals surface area (Å²) in [7, 11) is 1.58. The number of ketones is 1. The molecule has 7 heterocycles. The first-order valence-electron chi connectivity index (χ1n) is 29.4. The molecule has 0 radical (unpaired) electrons. The fraction of sp³-hybridized carbons (Fsp3) is 0.787. The van der Waals surface area contributed by atoms with Crippen LogP contribution in [-0.2, 0) is 57.0 Å². The van der Waals surface area contributed by atoms with E-state index in [-0.39, 0.29) is 74.7 Å². The van der Waals surface area contributed by atoms with Crippen molar-refractivity contribution in [3.05, 3.63) is 60.2 Å². The Morgan fingerprint density at radius 2 is 1.50 bits per heavy atom. The van der Waals surface area contributed by atoms with Crippen molar-refractivity contribution >= 4 is 29.3 Å². The highest BCUT2D eigenvalue weighted by molar-refractivity contribution is 6.30. The molecule has 21 heteroatoms. The van der Waals surface area contributed by atoms with E-state index in [1.54, 1.807) is 41.7 Å². The number of esters is 2. The summed E-state index contributed by atoms with van der Waals surface area (Å²) < 4.78 is 57.2. The van der Waals surface area contributed by atoms with Crippen LogP contribution >= 0.6 is 11.6 Å². The number of fused-ring (bicyclic) bond motifs is 8. The minimum absolute atomic E-state index is 0.00389. The van der Waals surface area contributed by atoms with Gasteiger partial charge in [-0.2, -0.15) is 0 Å². The van der Waals surface area contributed by atoms with Crippen molar-refractivity contribution in [3.63, 3.8) is 0 Å². The maximum atomic E-state index is 14.4. The van der Waals surface area contributed by atoms with Gasteiger partial charge in [0.15, 0.2) is 17.4 Å². The van der Waals surface area contributed by atoms with Crippen LogP contribution in [0.1, 0.15) is 151 Å². The van der Waals surface area contributed by atoms with E-state index in [1.165, 1.54) is 19.1 Å². The lowest BCUT2D eigenvalue weighted by molar-refractivity contribution is -0.351. The summed E-state index contributed by atoms with van der Waals surface area (Å²) in [6.45, 7) is 21.7. The van der Waals surface area contributed by atoms with E-state index in [2.05, 4.69) is 19.7 Å². The number of hydrogen-bond donors (Lipinski definition) is 8. The lowest BCUT2D eigenvalue weighted by atomic mass is 9.78. The molecule has 0 aromatic rings. The quantitative estimate of drug-likeness (QED) is 0.0864. The van der Waals surface area contributed by atoms with Crippen molar-refractivity contribution < 1.29 is 97.9 Å². The predicted molar refractivity (Wildman–Crippen MR) is 298 cm³/mol. The average Bonchev–Trinajstić information content (AvgIpc) is 1.80. The second-order valence-corrected chi connectivity index (χ2v) is 25.8. The Hall–Kier alpha value is -3.00. The van der Waals surface area contributed by atoms with Gasteiger partial charge in [0.1, 0.15) is 30.2 Å². The molecule has 6 fully saturated rings. The second kappa shape index (κ2) is 27.8. The SMILES string of the molecule is C=C(Cl)/C=C/[C@H](O)CC(=C)C[C@H]1O[C@@H]2[C@H](C)[C@@H](OC(=O)C[C@H]3C[C@H](OC(C)=O)C[C@@]4(C[C@@](C)(O)C[C@H](CC(=C)[C@@H](C)[C@H](O)[C@@H](C)C(=O)C[C@H]5C[C@@H](OC)C[C@]6(C[C@H](O)C[C@@H](/C=C\CCC[C@@H]7O[C@@](O)(C[C@@H](O)[C@@H]7C)[C@H]2O)O6)O5)O4)O3)[C@@H]1O. The van der Waals surface area contributed by atoms with Gasteiger partial charge in [0.25, 0.3) is 0 Å². The third-order valence-corrected chi connectivity index (χ3v) is 18.2. The first-order valence-corrected chi connectivity index (χ1v) is 29.8. The number of rotatable bonds is 8. The van der Waals surface area contributed by atoms with Crippen molar-refractivity contribution in [1.82, 2.24) is 0 Å². The van der Waals surface area contributed by atoms with Crippen LogP contribution in [0.2, 0.25) is 0 Å². The van der Waals surface area contributed by atoms with Crippen molar-refractivity contribution in [2.24, 2.45) is 23.7 Å². The van der Waals surface area contributed by atoms with Gasteiger partial charge in [-0.15, -0.1) is 0 Å². The Kier molecular flexibility index (Phi) is 22.5. The molecule has 24 atom stereocenters. The summed E-state index contributed by atoms with van der Waals surface area (Å²) >= 11 is 5.88. The number of Topliss-reactive ketones (excluding diaryl/α,β-unsaturated/α-hetero) is 1. The van der Waals surface area contributed by atoms with Crippen molar-refractivity contribution in [1.29, 1.82) is 0 Å². The summed E-state index contributed by atoms with van der Waals surface area (Å²) in [5.74, 6) is -9.98. The van der Waals surface area contributed by atoms with E-state index < -0.39 is 163 Å². The number of aliphatic hydroxyl groups excluding tert-OH is 6. The molecule has 20 nitrogen and oxygen atoms in total. The van der Waals surface area contributed by atoms with Crippen LogP contribution in [-0.4, -0.2) is 186 Å². The summed E-state index contributed by atoms with van der Waals surface area (Å²) in [6.07, 6.45) is -8.29. The molecule has 464 valence electrons. The van der Waals surface area contributed by atoms with E-state index in [9.17, 15) is 55.2 Å². The minimum atomic E-state index is -2.40. The van der Waals surface area contributed by atoms with Crippen LogP contribution in [0.15, 0.2) is 60.2 Å². The number of aliphatic hydroxyl groups is 8. The third-order valence-electron chi connectivity index (χ3n) is 18.0. The largest absolute Gasteiger partial charge is 0.462 e. The molecule has 7 aliphatic heterocycles. The summed E-state index contributed by atoms with van der Waals surface area (Å²) in [6, 6.07) is 0. The van der Waals surface area contributed by atoms with Crippen LogP contribution in [0.3, 0.4) is 0 Å². The molecule has 6 saturated heterocycles. The van der Waals surface area contributed by atoms with Gasteiger partial charge in [-0.3, -0.25) is 14.4 Å². The Morgan fingerprint density at radius 1 is 0.829 bits per heavy atom. The van der Waals surface area contributed by atoms with Gasteiger partial charge in [0, 0.05) is 107 Å². The molecule has 0 saturated carbocycles. The molecule has 82 heavy (non-hydrogen) atoms. The lowest BCUT2D eigenvalue weighted by Gasteiger charge is -2.52. The van der Waals surface area contributed by atoms with Gasteiger partial charge in [-0.1, -0.05) is 88.4 Å². The van der Waals surface area contributed by atoms with E-state index in [0.29, 0.717) is 49.7 Å². The van der Waals surface area contributed by atoms with Gasteiger partial charge in [0.05, 0.1) is 85.3 Å². The maximum absolute atomic E-state index is 14.4. The first-order chi connectivity index (χ1) is 38.4. The van der Waals surface area contributed by atoms with Crippen molar-refractivity contribution in [2.45, 2.75) is 271 Å². The molecule has 10 bridgehead atoms. The molecule has 0 aliphatic carbocycles. The van der Waals surface area contributed by atoms with Crippen molar-refractivity contribution in [2.75, 3.05) is 7.11 Å². The zero-order chi connectivity index (χ0) is 60.2. The fourth-order valence-electron chi connectivity index (χ4n) is 13.8. The van der Waals surface area contributed by atoms with Crippen LogP contribution in [0, 0.1) is 23.7 Å². The predicted octanol–water partition coefficient (Wildman–Crippen LogP) is 5.34. The minimum Gasteiger partial charge on any atom is -0.462 e. The zero-order valence-electron chi connectivity index (χ0n) is 48.9. The highest BCUT2D eigenvalue weighted by Gasteiger charge is 2.58. The Morgan fingerprint density at radius 3 is 2.20 bits per heavy atom. The smallest absolute Gasteiger partial charge is 0.308 e. The number of methoxy groups -OCH3 is 1. The Balaban J connectivity index is 1.20. The number of halogens is 1. The highest BCUT2D eigenvalue weighted by atomic mass is 35.5.